The number of carbonyl (C=O) groups excluding carboxylic acids is 2. The maximum Gasteiger partial charge on any atom is 0.244 e. The number of para-hydroxylation sites is 1. The minimum absolute atomic E-state index is 0.00700. The molecule has 2 aromatic rings. The predicted octanol–water partition coefficient (Wildman–Crippen LogP) is 3.91. The highest BCUT2D eigenvalue weighted by molar-refractivity contribution is 6.02. The molecule has 1 N–H and O–H groups in total. The molecule has 0 aliphatic rings. The van der Waals surface area contributed by atoms with Crippen molar-refractivity contribution in [3.8, 4) is 0 Å². The van der Waals surface area contributed by atoms with Gasteiger partial charge in [-0.05, 0) is 50.5 Å². The van der Waals surface area contributed by atoms with Gasteiger partial charge in [0.05, 0.1) is 0 Å². The first-order valence-electron chi connectivity index (χ1n) is 8.01. The molecule has 0 aliphatic carbocycles. The molecule has 4 nitrogen and oxygen atoms in total. The summed E-state index contributed by atoms with van der Waals surface area (Å²) in [5.74, 6) is -0.361. The molecule has 0 atom stereocenters. The van der Waals surface area contributed by atoms with Crippen LogP contribution in [0.4, 0.5) is 11.4 Å². The number of nitrogens with zero attached hydrogens (tertiary/aromatic N) is 1. The van der Waals surface area contributed by atoms with Crippen LogP contribution in [-0.4, -0.2) is 18.4 Å². The van der Waals surface area contributed by atoms with Gasteiger partial charge in [-0.1, -0.05) is 35.9 Å². The molecule has 0 unspecified atom stereocenters. The van der Waals surface area contributed by atoms with Gasteiger partial charge in [0.25, 0.3) is 0 Å². The van der Waals surface area contributed by atoms with Crippen LogP contribution in [0.3, 0.4) is 0 Å². The van der Waals surface area contributed by atoms with Crippen LogP contribution >= 0.6 is 0 Å². The van der Waals surface area contributed by atoms with E-state index in [1.54, 1.807) is 0 Å². The Balaban J connectivity index is 2.21. The summed E-state index contributed by atoms with van der Waals surface area (Å²) in [7, 11) is 0. The van der Waals surface area contributed by atoms with E-state index in [9.17, 15) is 9.59 Å². The molecule has 0 bridgehead atoms. The fourth-order valence-corrected chi connectivity index (χ4v) is 2.93. The van der Waals surface area contributed by atoms with E-state index in [0.717, 1.165) is 33.6 Å². The van der Waals surface area contributed by atoms with Crippen LogP contribution in [0.5, 0.6) is 0 Å². The SMILES string of the molecule is CC(=O)N(CC(=O)Nc1c(C)cc(C)cc1C)c1ccccc1C. The van der Waals surface area contributed by atoms with Gasteiger partial charge in [0.1, 0.15) is 6.54 Å². The van der Waals surface area contributed by atoms with Crippen molar-refractivity contribution in [1.82, 2.24) is 0 Å². The van der Waals surface area contributed by atoms with Crippen molar-refractivity contribution in [3.05, 3.63) is 58.7 Å². The third-order valence-corrected chi connectivity index (χ3v) is 4.03. The zero-order valence-electron chi connectivity index (χ0n) is 14.9. The number of benzene rings is 2. The molecule has 0 saturated heterocycles. The topological polar surface area (TPSA) is 49.4 Å². The second-order valence-electron chi connectivity index (χ2n) is 6.21. The van der Waals surface area contributed by atoms with Crippen LogP contribution in [-0.2, 0) is 9.59 Å². The van der Waals surface area contributed by atoms with Gasteiger partial charge in [-0.2, -0.15) is 0 Å². The molecule has 0 aliphatic heterocycles. The summed E-state index contributed by atoms with van der Waals surface area (Å²) in [5, 5.41) is 2.95. The summed E-state index contributed by atoms with van der Waals surface area (Å²) in [4.78, 5) is 26.0. The van der Waals surface area contributed by atoms with Crippen molar-refractivity contribution in [2.45, 2.75) is 34.6 Å². The second kappa shape index (κ2) is 7.30. The largest absolute Gasteiger partial charge is 0.324 e. The highest BCUT2D eigenvalue weighted by Gasteiger charge is 2.18. The van der Waals surface area contributed by atoms with Gasteiger partial charge in [-0.25, -0.2) is 0 Å². The van der Waals surface area contributed by atoms with Gasteiger partial charge in [0, 0.05) is 18.3 Å². The standard InChI is InChI=1S/C20H24N2O2/c1-13-10-15(3)20(16(4)11-13)21-19(24)12-22(17(5)23)18-9-7-6-8-14(18)2/h6-11H,12H2,1-5H3,(H,21,24). The maximum absolute atomic E-state index is 12.5. The zero-order valence-corrected chi connectivity index (χ0v) is 14.9. The van der Waals surface area contributed by atoms with Crippen molar-refractivity contribution >= 4 is 23.2 Å². The van der Waals surface area contributed by atoms with E-state index in [4.69, 9.17) is 0 Å². The first-order chi connectivity index (χ1) is 11.3. The lowest BCUT2D eigenvalue weighted by molar-refractivity contribution is -0.120. The smallest absolute Gasteiger partial charge is 0.244 e. The Hall–Kier alpha value is -2.62. The van der Waals surface area contributed by atoms with Crippen molar-refractivity contribution in [3.63, 3.8) is 0 Å². The molecule has 0 spiro atoms. The third kappa shape index (κ3) is 4.02. The predicted molar refractivity (Wildman–Crippen MR) is 98.5 cm³/mol. The number of hydrogen-bond donors (Lipinski definition) is 1. The highest BCUT2D eigenvalue weighted by atomic mass is 16.2. The van der Waals surface area contributed by atoms with Gasteiger partial charge in [-0.15, -0.1) is 0 Å². The Morgan fingerprint density at radius 1 is 0.958 bits per heavy atom. The van der Waals surface area contributed by atoms with E-state index in [-0.39, 0.29) is 18.4 Å². The number of carbonyl (C=O) groups is 2. The van der Waals surface area contributed by atoms with Crippen LogP contribution < -0.4 is 10.2 Å². The fourth-order valence-electron chi connectivity index (χ4n) is 2.93. The van der Waals surface area contributed by atoms with Crippen molar-refractivity contribution in [1.29, 1.82) is 0 Å². The van der Waals surface area contributed by atoms with Gasteiger partial charge < -0.3 is 10.2 Å². The van der Waals surface area contributed by atoms with E-state index >= 15 is 0 Å². The lowest BCUT2D eigenvalue weighted by atomic mass is 10.1. The molecule has 2 aromatic carbocycles. The summed E-state index contributed by atoms with van der Waals surface area (Å²) in [6.07, 6.45) is 0. The van der Waals surface area contributed by atoms with E-state index in [1.807, 2.05) is 64.1 Å². The molecule has 0 fully saturated rings. The maximum atomic E-state index is 12.5. The first kappa shape index (κ1) is 17.7. The lowest BCUT2D eigenvalue weighted by Gasteiger charge is -2.23. The molecule has 0 aromatic heterocycles. The number of nitrogens with one attached hydrogen (secondary N) is 1. The van der Waals surface area contributed by atoms with E-state index in [0.29, 0.717) is 0 Å². The second-order valence-corrected chi connectivity index (χ2v) is 6.21. The minimum atomic E-state index is -0.205. The normalized spacial score (nSPS) is 10.4. The van der Waals surface area contributed by atoms with Crippen molar-refractivity contribution in [2.24, 2.45) is 0 Å². The molecular formula is C20H24N2O2. The number of amides is 2. The number of anilines is 2. The Kier molecular flexibility index (Phi) is 5.39. The van der Waals surface area contributed by atoms with Gasteiger partial charge in [0.15, 0.2) is 0 Å². The van der Waals surface area contributed by atoms with Crippen LogP contribution in [0.2, 0.25) is 0 Å². The first-order valence-corrected chi connectivity index (χ1v) is 8.01. The molecule has 126 valence electrons. The van der Waals surface area contributed by atoms with Crippen molar-refractivity contribution in [2.75, 3.05) is 16.8 Å². The average Bonchev–Trinajstić information content (AvgIpc) is 2.49. The molecule has 2 rings (SSSR count). The molecule has 4 heteroatoms. The minimum Gasteiger partial charge on any atom is -0.324 e. The van der Waals surface area contributed by atoms with Crippen molar-refractivity contribution < 1.29 is 9.59 Å². The van der Waals surface area contributed by atoms with Gasteiger partial charge in [0.2, 0.25) is 11.8 Å². The summed E-state index contributed by atoms with van der Waals surface area (Å²) in [6, 6.07) is 11.6. The molecule has 0 saturated carbocycles. The summed E-state index contributed by atoms with van der Waals surface area (Å²) >= 11 is 0. The van der Waals surface area contributed by atoms with Crippen LogP contribution in [0.15, 0.2) is 36.4 Å². The molecule has 24 heavy (non-hydrogen) atoms. The average molecular weight is 324 g/mol. The Labute approximate surface area is 143 Å². The zero-order chi connectivity index (χ0) is 17.9. The lowest BCUT2D eigenvalue weighted by Crippen LogP contribution is -2.37. The molecular weight excluding hydrogens is 300 g/mol. The number of aryl methyl sites for hydroxylation is 4. The Morgan fingerprint density at radius 2 is 1.54 bits per heavy atom. The molecule has 0 heterocycles. The Bertz CT molecular complexity index is 758. The quantitative estimate of drug-likeness (QED) is 0.927. The van der Waals surface area contributed by atoms with Gasteiger partial charge >= 0.3 is 0 Å². The Morgan fingerprint density at radius 3 is 2.08 bits per heavy atom. The summed E-state index contributed by atoms with van der Waals surface area (Å²) in [6.45, 7) is 9.37. The monoisotopic (exact) mass is 324 g/mol. The van der Waals surface area contributed by atoms with Crippen LogP contribution in [0.25, 0.3) is 0 Å². The van der Waals surface area contributed by atoms with E-state index in [1.165, 1.54) is 11.8 Å². The molecule has 2 amide bonds. The van der Waals surface area contributed by atoms with E-state index < -0.39 is 0 Å². The highest BCUT2D eigenvalue weighted by Crippen LogP contribution is 2.23. The number of rotatable bonds is 4. The summed E-state index contributed by atoms with van der Waals surface area (Å²) in [5.41, 5.74) is 5.74. The fraction of sp³-hybridized carbons (Fsp3) is 0.300. The third-order valence-electron chi connectivity index (χ3n) is 4.03. The van der Waals surface area contributed by atoms with E-state index in [2.05, 4.69) is 5.32 Å². The molecule has 0 radical (unpaired) electrons. The number of hydrogen-bond acceptors (Lipinski definition) is 2. The van der Waals surface area contributed by atoms with Crippen LogP contribution in [0.1, 0.15) is 29.2 Å². The van der Waals surface area contributed by atoms with Crippen LogP contribution in [0, 0.1) is 27.7 Å². The van der Waals surface area contributed by atoms with Gasteiger partial charge in [-0.3, -0.25) is 9.59 Å². The summed E-state index contributed by atoms with van der Waals surface area (Å²) < 4.78 is 0.